The third-order valence-electron chi connectivity index (χ3n) is 2.41. The molecular formula is C13H12N2O5. The minimum Gasteiger partial charge on any atom is -0.482 e. The van der Waals surface area contributed by atoms with Crippen LogP contribution in [0.4, 0.5) is 5.69 Å². The second-order valence-corrected chi connectivity index (χ2v) is 3.76. The quantitative estimate of drug-likeness (QED) is 0.439. The van der Waals surface area contributed by atoms with Crippen molar-refractivity contribution in [2.75, 3.05) is 13.2 Å². The van der Waals surface area contributed by atoms with Crippen molar-refractivity contribution in [2.24, 2.45) is 0 Å². The lowest BCUT2D eigenvalue weighted by molar-refractivity contribution is -0.385. The van der Waals surface area contributed by atoms with E-state index >= 15 is 0 Å². The van der Waals surface area contributed by atoms with Crippen LogP contribution in [0.1, 0.15) is 0 Å². The molecule has 0 bridgehead atoms. The van der Waals surface area contributed by atoms with Gasteiger partial charge in [0.05, 0.1) is 10.3 Å². The minimum atomic E-state index is -0.540. The summed E-state index contributed by atoms with van der Waals surface area (Å²) in [7, 11) is 0. The molecule has 0 N–H and O–H groups in total. The Balaban J connectivity index is 2.48. The second kappa shape index (κ2) is 5.87. The van der Waals surface area contributed by atoms with Crippen molar-refractivity contribution >= 4 is 16.7 Å². The smallest absolute Gasteiger partial charge is 0.312 e. The van der Waals surface area contributed by atoms with E-state index in [4.69, 9.17) is 14.0 Å². The van der Waals surface area contributed by atoms with Crippen LogP contribution >= 0.6 is 0 Å². The summed E-state index contributed by atoms with van der Waals surface area (Å²) in [4.78, 5) is 10.5. The molecule has 0 saturated heterocycles. The molecule has 2 aromatic rings. The van der Waals surface area contributed by atoms with Crippen LogP contribution in [-0.4, -0.2) is 23.3 Å². The highest BCUT2D eigenvalue weighted by atomic mass is 16.6. The fourth-order valence-electron chi connectivity index (χ4n) is 1.58. The Morgan fingerprint density at radius 3 is 2.65 bits per heavy atom. The third kappa shape index (κ3) is 2.61. The monoisotopic (exact) mass is 276 g/mol. The molecule has 104 valence electrons. The summed E-state index contributed by atoms with van der Waals surface area (Å²) in [6, 6.07) is 2.72. The molecular weight excluding hydrogens is 264 g/mol. The zero-order valence-electron chi connectivity index (χ0n) is 10.6. The molecule has 0 aliphatic heterocycles. The van der Waals surface area contributed by atoms with Crippen molar-refractivity contribution in [3.8, 4) is 11.6 Å². The summed E-state index contributed by atoms with van der Waals surface area (Å²) in [5.41, 5.74) is 0.153. The van der Waals surface area contributed by atoms with Crippen molar-refractivity contribution in [2.45, 2.75) is 0 Å². The maximum Gasteiger partial charge on any atom is 0.312 e. The van der Waals surface area contributed by atoms with Crippen LogP contribution in [0.15, 0.2) is 42.0 Å². The Hall–Kier alpha value is -2.83. The standard InChI is InChI=1S/C13H12N2O5/c1-3-5-18-12-8-11-9(7-10(12)15(16)17)13(14-20-11)19-6-4-2/h3-4,7-8H,1-2,5-6H2. The lowest BCUT2D eigenvalue weighted by atomic mass is 10.2. The number of fused-ring (bicyclic) bond motifs is 1. The lowest BCUT2D eigenvalue weighted by Crippen LogP contribution is -1.98. The van der Waals surface area contributed by atoms with E-state index in [2.05, 4.69) is 18.3 Å². The van der Waals surface area contributed by atoms with Gasteiger partial charge < -0.3 is 14.0 Å². The molecule has 1 aromatic heterocycles. The summed E-state index contributed by atoms with van der Waals surface area (Å²) in [5.74, 6) is 0.270. The first kappa shape index (κ1) is 13.6. The molecule has 20 heavy (non-hydrogen) atoms. The molecule has 0 aliphatic rings. The third-order valence-corrected chi connectivity index (χ3v) is 2.41. The number of nitrogens with zero attached hydrogens (tertiary/aromatic N) is 2. The first-order valence-corrected chi connectivity index (χ1v) is 5.72. The summed E-state index contributed by atoms with van der Waals surface area (Å²) in [6.45, 7) is 7.38. The van der Waals surface area contributed by atoms with E-state index in [1.54, 1.807) is 0 Å². The molecule has 7 nitrogen and oxygen atoms in total. The topological polar surface area (TPSA) is 87.6 Å². The number of aromatic nitrogens is 1. The maximum absolute atomic E-state index is 11.1. The summed E-state index contributed by atoms with van der Waals surface area (Å²) in [6.07, 6.45) is 3.03. The highest BCUT2D eigenvalue weighted by Crippen LogP contribution is 2.36. The van der Waals surface area contributed by atoms with E-state index in [1.807, 2.05) is 0 Å². The number of rotatable bonds is 7. The van der Waals surface area contributed by atoms with Gasteiger partial charge in [-0.15, -0.1) is 0 Å². The predicted molar refractivity (Wildman–Crippen MR) is 72.0 cm³/mol. The van der Waals surface area contributed by atoms with Gasteiger partial charge in [0.2, 0.25) is 5.75 Å². The molecule has 0 aliphatic carbocycles. The number of benzene rings is 1. The average Bonchev–Trinajstić information content (AvgIpc) is 2.83. The molecule has 0 radical (unpaired) electrons. The van der Waals surface area contributed by atoms with Crippen molar-refractivity contribution < 1.29 is 18.9 Å². The van der Waals surface area contributed by atoms with E-state index in [0.29, 0.717) is 11.0 Å². The largest absolute Gasteiger partial charge is 0.482 e. The highest BCUT2D eigenvalue weighted by Gasteiger charge is 2.21. The number of ether oxygens (including phenoxy) is 2. The highest BCUT2D eigenvalue weighted by molar-refractivity contribution is 5.86. The van der Waals surface area contributed by atoms with Crippen LogP contribution in [0.25, 0.3) is 11.0 Å². The van der Waals surface area contributed by atoms with Gasteiger partial charge in [-0.25, -0.2) is 0 Å². The first-order chi connectivity index (χ1) is 9.67. The molecule has 1 heterocycles. The van der Waals surface area contributed by atoms with Crippen molar-refractivity contribution in [3.63, 3.8) is 0 Å². The number of nitro groups is 1. The van der Waals surface area contributed by atoms with E-state index in [9.17, 15) is 10.1 Å². The molecule has 1 aromatic carbocycles. The predicted octanol–water partition coefficient (Wildman–Crippen LogP) is 2.87. The Kier molecular flexibility index (Phi) is 3.99. The Labute approximate surface area is 114 Å². The van der Waals surface area contributed by atoms with Crippen molar-refractivity contribution in [1.29, 1.82) is 0 Å². The number of hydrogen-bond acceptors (Lipinski definition) is 6. The number of hydrogen-bond donors (Lipinski definition) is 0. The fourth-order valence-corrected chi connectivity index (χ4v) is 1.58. The van der Waals surface area contributed by atoms with Crippen LogP contribution < -0.4 is 9.47 Å². The molecule has 2 rings (SSSR count). The van der Waals surface area contributed by atoms with E-state index in [-0.39, 0.29) is 30.5 Å². The first-order valence-electron chi connectivity index (χ1n) is 5.72. The summed E-state index contributed by atoms with van der Waals surface area (Å²) >= 11 is 0. The SMILES string of the molecule is C=CCOc1cc2onc(OCC=C)c2cc1[N+](=O)[O-]. The van der Waals surface area contributed by atoms with E-state index in [1.165, 1.54) is 24.3 Å². The zero-order valence-corrected chi connectivity index (χ0v) is 10.6. The van der Waals surface area contributed by atoms with Crippen LogP contribution in [-0.2, 0) is 0 Å². The van der Waals surface area contributed by atoms with E-state index in [0.717, 1.165) is 0 Å². The van der Waals surface area contributed by atoms with Gasteiger partial charge in [-0.05, 0) is 5.16 Å². The molecule has 0 fully saturated rings. The van der Waals surface area contributed by atoms with Crippen LogP contribution in [0.3, 0.4) is 0 Å². The molecule has 0 unspecified atom stereocenters. The van der Waals surface area contributed by atoms with Gasteiger partial charge in [-0.1, -0.05) is 25.3 Å². The lowest BCUT2D eigenvalue weighted by Gasteiger charge is -2.04. The maximum atomic E-state index is 11.1. The van der Waals surface area contributed by atoms with Crippen molar-refractivity contribution in [1.82, 2.24) is 5.16 Å². The molecule has 0 atom stereocenters. The average molecular weight is 276 g/mol. The van der Waals surface area contributed by atoms with Gasteiger partial charge in [0.1, 0.15) is 13.2 Å². The van der Waals surface area contributed by atoms with Crippen LogP contribution in [0.2, 0.25) is 0 Å². The Morgan fingerprint density at radius 2 is 2.00 bits per heavy atom. The Morgan fingerprint density at radius 1 is 1.30 bits per heavy atom. The second-order valence-electron chi connectivity index (χ2n) is 3.76. The van der Waals surface area contributed by atoms with Crippen LogP contribution in [0, 0.1) is 10.1 Å². The summed E-state index contributed by atoms with van der Waals surface area (Å²) < 4.78 is 15.6. The molecule has 0 spiro atoms. The minimum absolute atomic E-state index is 0.0915. The van der Waals surface area contributed by atoms with Gasteiger partial charge in [-0.2, -0.15) is 0 Å². The van der Waals surface area contributed by atoms with Crippen molar-refractivity contribution in [3.05, 3.63) is 47.6 Å². The number of nitro benzene ring substituents is 1. The van der Waals surface area contributed by atoms with E-state index < -0.39 is 4.92 Å². The van der Waals surface area contributed by atoms with Gasteiger partial charge in [0, 0.05) is 12.1 Å². The Bertz CT molecular complexity index is 662. The van der Waals surface area contributed by atoms with Gasteiger partial charge in [0.25, 0.3) is 5.88 Å². The molecule has 7 heteroatoms. The normalized spacial score (nSPS) is 10.2. The molecule has 0 saturated carbocycles. The summed E-state index contributed by atoms with van der Waals surface area (Å²) in [5, 5.41) is 15.2. The molecule has 0 amide bonds. The zero-order chi connectivity index (χ0) is 14.5. The fraction of sp³-hybridized carbons (Fsp3) is 0.154. The van der Waals surface area contributed by atoms with Gasteiger partial charge >= 0.3 is 5.69 Å². The van der Waals surface area contributed by atoms with Gasteiger partial charge in [0.15, 0.2) is 5.58 Å². The van der Waals surface area contributed by atoms with Crippen LogP contribution in [0.5, 0.6) is 11.6 Å². The van der Waals surface area contributed by atoms with Gasteiger partial charge in [-0.3, -0.25) is 10.1 Å².